The maximum Gasteiger partial charge on any atom is 0.248 e. The van der Waals surface area contributed by atoms with E-state index in [0.717, 1.165) is 55.2 Å². The number of aliphatic hydroxyl groups excluding tert-OH is 1. The fourth-order valence-electron chi connectivity index (χ4n) is 4.77. The molecule has 2 fully saturated rings. The van der Waals surface area contributed by atoms with E-state index in [0.29, 0.717) is 32.0 Å². The monoisotopic (exact) mass is 471 g/mol. The van der Waals surface area contributed by atoms with Gasteiger partial charge in [-0.05, 0) is 50.7 Å². The van der Waals surface area contributed by atoms with Crippen molar-refractivity contribution in [2.75, 3.05) is 31.6 Å². The first-order valence-corrected chi connectivity index (χ1v) is 12.8. The molecule has 8 nitrogen and oxygen atoms in total. The summed E-state index contributed by atoms with van der Waals surface area (Å²) in [6.07, 6.45) is 8.26. The van der Waals surface area contributed by atoms with E-state index < -0.39 is 12.6 Å². The zero-order valence-electron chi connectivity index (χ0n) is 19.2. The van der Waals surface area contributed by atoms with Crippen LogP contribution in [0.4, 0.5) is 10.9 Å². The molecule has 2 aliphatic rings. The number of hydrogen-bond donors (Lipinski definition) is 2. The molecule has 0 aliphatic carbocycles. The molecule has 2 saturated heterocycles. The Kier molecular flexibility index (Phi) is 7.93. The number of carbonyl (C=O) groups is 2. The van der Waals surface area contributed by atoms with Gasteiger partial charge in [-0.3, -0.25) is 9.59 Å². The lowest BCUT2D eigenvalue weighted by atomic mass is 9.92. The first-order valence-electron chi connectivity index (χ1n) is 12.0. The van der Waals surface area contributed by atoms with Gasteiger partial charge in [0.25, 0.3) is 0 Å². The van der Waals surface area contributed by atoms with Crippen molar-refractivity contribution in [3.05, 3.63) is 35.0 Å². The maximum atomic E-state index is 13.2. The summed E-state index contributed by atoms with van der Waals surface area (Å²) in [5.74, 6) is 0.761. The highest BCUT2D eigenvalue weighted by molar-refractivity contribution is 7.15. The van der Waals surface area contributed by atoms with E-state index in [4.69, 9.17) is 4.98 Å². The van der Waals surface area contributed by atoms with Crippen molar-refractivity contribution in [1.82, 2.24) is 19.8 Å². The molecule has 0 aromatic carbocycles. The van der Waals surface area contributed by atoms with Gasteiger partial charge in [0.1, 0.15) is 18.5 Å². The molecule has 0 radical (unpaired) electrons. The third-order valence-electron chi connectivity index (χ3n) is 6.52. The largest absolute Gasteiger partial charge is 0.387 e. The van der Waals surface area contributed by atoms with Crippen molar-refractivity contribution in [1.29, 1.82) is 0 Å². The summed E-state index contributed by atoms with van der Waals surface area (Å²) in [7, 11) is 0. The molecule has 4 heterocycles. The van der Waals surface area contributed by atoms with Crippen LogP contribution in [0.15, 0.2) is 24.4 Å². The molecule has 2 aromatic rings. The van der Waals surface area contributed by atoms with E-state index in [1.54, 1.807) is 16.2 Å². The SMILES string of the molecule is CCCc1cnc(Nc2cccc(C3CCN(C(=O)[C@@H]4CCCCN4C(=O)CO)CC3)n2)s1. The van der Waals surface area contributed by atoms with Crippen molar-refractivity contribution >= 4 is 34.1 Å². The van der Waals surface area contributed by atoms with Gasteiger partial charge >= 0.3 is 0 Å². The van der Waals surface area contributed by atoms with Gasteiger partial charge in [0.2, 0.25) is 11.8 Å². The van der Waals surface area contributed by atoms with Crippen molar-refractivity contribution in [2.24, 2.45) is 0 Å². The Bertz CT molecular complexity index is 957. The minimum absolute atomic E-state index is 0.0185. The number of carbonyl (C=O) groups excluding carboxylic acids is 2. The fourth-order valence-corrected chi connectivity index (χ4v) is 5.69. The lowest BCUT2D eigenvalue weighted by Gasteiger charge is -2.39. The van der Waals surface area contributed by atoms with Crippen LogP contribution >= 0.6 is 11.3 Å². The van der Waals surface area contributed by atoms with E-state index in [1.807, 2.05) is 23.2 Å². The molecule has 0 unspecified atom stereocenters. The number of rotatable bonds is 7. The summed E-state index contributed by atoms with van der Waals surface area (Å²) in [4.78, 5) is 39.2. The number of piperidine rings is 2. The molecule has 0 saturated carbocycles. The number of pyridine rings is 1. The van der Waals surface area contributed by atoms with Crippen LogP contribution in [0.5, 0.6) is 0 Å². The molecule has 4 rings (SSSR count). The predicted octanol–water partition coefficient (Wildman–Crippen LogP) is 3.31. The molecule has 9 heteroatoms. The van der Waals surface area contributed by atoms with Crippen LogP contribution in [0.2, 0.25) is 0 Å². The fraction of sp³-hybridized carbons (Fsp3) is 0.583. The average Bonchev–Trinajstić information content (AvgIpc) is 3.30. The molecule has 1 atom stereocenters. The Morgan fingerprint density at radius 1 is 1.18 bits per heavy atom. The number of aromatic nitrogens is 2. The summed E-state index contributed by atoms with van der Waals surface area (Å²) in [6.45, 7) is 3.50. The van der Waals surface area contributed by atoms with Crippen LogP contribution in [-0.2, 0) is 16.0 Å². The zero-order valence-corrected chi connectivity index (χ0v) is 20.0. The number of anilines is 2. The number of nitrogens with zero attached hydrogens (tertiary/aromatic N) is 4. The summed E-state index contributed by atoms with van der Waals surface area (Å²) in [5, 5.41) is 13.5. The Morgan fingerprint density at radius 3 is 2.76 bits per heavy atom. The van der Waals surface area contributed by atoms with E-state index in [2.05, 4.69) is 23.3 Å². The zero-order chi connectivity index (χ0) is 23.2. The van der Waals surface area contributed by atoms with Crippen molar-refractivity contribution in [3.63, 3.8) is 0 Å². The van der Waals surface area contributed by atoms with E-state index in [9.17, 15) is 14.7 Å². The van der Waals surface area contributed by atoms with Gasteiger partial charge in [0.05, 0.1) is 0 Å². The number of likely N-dealkylation sites (tertiary alicyclic amines) is 2. The minimum Gasteiger partial charge on any atom is -0.387 e. The summed E-state index contributed by atoms with van der Waals surface area (Å²) < 4.78 is 0. The second-order valence-electron chi connectivity index (χ2n) is 8.81. The molecule has 2 amide bonds. The molecule has 2 aliphatic heterocycles. The highest BCUT2D eigenvalue weighted by atomic mass is 32.1. The van der Waals surface area contributed by atoms with Crippen LogP contribution in [0.1, 0.15) is 61.9 Å². The summed E-state index contributed by atoms with van der Waals surface area (Å²) in [5.41, 5.74) is 1.03. The Morgan fingerprint density at radius 2 is 2.00 bits per heavy atom. The Hall–Kier alpha value is -2.52. The Balaban J connectivity index is 1.35. The smallest absolute Gasteiger partial charge is 0.248 e. The topological polar surface area (TPSA) is 98.7 Å². The number of aliphatic hydroxyl groups is 1. The van der Waals surface area contributed by atoms with Crippen LogP contribution < -0.4 is 5.32 Å². The molecule has 0 spiro atoms. The quantitative estimate of drug-likeness (QED) is 0.643. The van der Waals surface area contributed by atoms with Crippen LogP contribution in [-0.4, -0.2) is 69.0 Å². The van der Waals surface area contributed by atoms with Crippen molar-refractivity contribution in [3.8, 4) is 0 Å². The third-order valence-corrected chi connectivity index (χ3v) is 7.50. The van der Waals surface area contributed by atoms with E-state index in [1.165, 1.54) is 4.88 Å². The predicted molar refractivity (Wildman–Crippen MR) is 129 cm³/mol. The minimum atomic E-state index is -0.539. The second kappa shape index (κ2) is 11.1. The van der Waals surface area contributed by atoms with Gasteiger partial charge in [-0.1, -0.05) is 19.4 Å². The maximum absolute atomic E-state index is 13.2. The van der Waals surface area contributed by atoms with Gasteiger partial charge in [-0.15, -0.1) is 11.3 Å². The molecule has 2 N–H and O–H groups in total. The standard InChI is InChI=1S/C24H33N5O3S/c1-2-6-18-15-25-24(33-18)27-21-9-5-7-19(26-21)17-10-13-28(14-11-17)23(32)20-8-3-4-12-29(20)22(31)16-30/h5,7,9,15,17,20,30H,2-4,6,8,10-14,16H2,1H3,(H,25,26,27)/t20-/m0/s1. The van der Waals surface area contributed by atoms with Gasteiger partial charge in [-0.25, -0.2) is 9.97 Å². The van der Waals surface area contributed by atoms with Gasteiger partial charge < -0.3 is 20.2 Å². The molecule has 0 bridgehead atoms. The second-order valence-corrected chi connectivity index (χ2v) is 9.93. The summed E-state index contributed by atoms with van der Waals surface area (Å²) in [6, 6.07) is 5.60. The van der Waals surface area contributed by atoms with Crippen LogP contribution in [0, 0.1) is 0 Å². The van der Waals surface area contributed by atoms with E-state index >= 15 is 0 Å². The highest BCUT2D eigenvalue weighted by Crippen LogP contribution is 2.30. The average molecular weight is 472 g/mol. The number of hydrogen-bond acceptors (Lipinski definition) is 7. The van der Waals surface area contributed by atoms with Gasteiger partial charge in [0, 0.05) is 42.3 Å². The van der Waals surface area contributed by atoms with Crippen LogP contribution in [0.25, 0.3) is 0 Å². The highest BCUT2D eigenvalue weighted by Gasteiger charge is 2.36. The number of amides is 2. The normalized spacial score (nSPS) is 19.5. The summed E-state index contributed by atoms with van der Waals surface area (Å²) >= 11 is 1.66. The molecular formula is C24H33N5O3S. The lowest BCUT2D eigenvalue weighted by molar-refractivity contribution is -0.149. The molecule has 33 heavy (non-hydrogen) atoms. The first kappa shape index (κ1) is 23.6. The van der Waals surface area contributed by atoms with Gasteiger partial charge in [-0.2, -0.15) is 0 Å². The lowest BCUT2D eigenvalue weighted by Crippen LogP contribution is -2.54. The van der Waals surface area contributed by atoms with E-state index in [-0.39, 0.29) is 11.8 Å². The number of nitrogens with one attached hydrogen (secondary N) is 1. The van der Waals surface area contributed by atoms with Gasteiger partial charge in [0.15, 0.2) is 5.13 Å². The molecular weight excluding hydrogens is 438 g/mol. The number of thiazole rings is 1. The van der Waals surface area contributed by atoms with Crippen molar-refractivity contribution in [2.45, 2.75) is 63.8 Å². The Labute approximate surface area is 199 Å². The van der Waals surface area contributed by atoms with Crippen molar-refractivity contribution < 1.29 is 14.7 Å². The molecule has 2 aromatic heterocycles. The molecule has 178 valence electrons. The van der Waals surface area contributed by atoms with Crippen LogP contribution in [0.3, 0.4) is 0 Å². The number of aryl methyl sites for hydroxylation is 1. The third kappa shape index (κ3) is 5.70. The first-order chi connectivity index (χ1) is 16.1.